The van der Waals surface area contributed by atoms with Crippen molar-refractivity contribution in [3.05, 3.63) is 112 Å². The van der Waals surface area contributed by atoms with Crippen LogP contribution in [-0.4, -0.2) is 45.0 Å². The van der Waals surface area contributed by atoms with Crippen molar-refractivity contribution in [3.63, 3.8) is 0 Å². The molecule has 3 heterocycles. The van der Waals surface area contributed by atoms with E-state index in [9.17, 15) is 14.7 Å². The summed E-state index contributed by atoms with van der Waals surface area (Å²) < 4.78 is 11.1. The number of aromatic nitrogens is 2. The Labute approximate surface area is 227 Å². The summed E-state index contributed by atoms with van der Waals surface area (Å²) in [5, 5.41) is 9.97. The normalized spacial score (nSPS) is 14.6. The first-order valence-electron chi connectivity index (χ1n) is 13.1. The Morgan fingerprint density at radius 1 is 1.13 bits per heavy atom. The zero-order valence-corrected chi connectivity index (χ0v) is 22.1. The number of oxazole rings is 1. The van der Waals surface area contributed by atoms with E-state index in [1.807, 2.05) is 43.0 Å². The van der Waals surface area contributed by atoms with Gasteiger partial charge >= 0.3 is 5.97 Å². The highest BCUT2D eigenvalue weighted by Crippen LogP contribution is 2.40. The third kappa shape index (κ3) is 5.85. The fraction of sp³-hybridized carbons (Fsp3) is 0.290. The summed E-state index contributed by atoms with van der Waals surface area (Å²) in [7, 11) is 0. The minimum absolute atomic E-state index is 0.00924. The van der Waals surface area contributed by atoms with E-state index >= 15 is 0 Å². The third-order valence-corrected chi connectivity index (χ3v) is 7.19. The molecule has 0 aliphatic carbocycles. The number of hydrogen-bond donors (Lipinski definition) is 1. The fourth-order valence-electron chi connectivity index (χ4n) is 5.24. The number of carboxylic acids is 1. The molecule has 8 nitrogen and oxygen atoms in total. The number of nitrogens with zero attached hydrogens (tertiary/aromatic N) is 3. The molecule has 0 saturated heterocycles. The Kier molecular flexibility index (Phi) is 7.72. The summed E-state index contributed by atoms with van der Waals surface area (Å²) in [5.74, 6) is -0.727. The van der Waals surface area contributed by atoms with Gasteiger partial charge in [0.1, 0.15) is 17.6 Å². The van der Waals surface area contributed by atoms with E-state index in [-0.39, 0.29) is 17.5 Å². The molecule has 5 rings (SSSR count). The molecule has 0 fully saturated rings. The molecule has 1 atom stereocenters. The van der Waals surface area contributed by atoms with Gasteiger partial charge in [-0.25, -0.2) is 9.78 Å². The quantitative estimate of drug-likeness (QED) is 0.324. The van der Waals surface area contributed by atoms with E-state index < -0.39 is 5.97 Å². The number of carbonyl (C=O) groups excluding carboxylic acids is 1. The zero-order chi connectivity index (χ0) is 27.4. The van der Waals surface area contributed by atoms with Crippen LogP contribution < -0.4 is 4.74 Å². The number of rotatable bonds is 9. The summed E-state index contributed by atoms with van der Waals surface area (Å²) in [6, 6.07) is 13.2. The van der Waals surface area contributed by atoms with Crippen LogP contribution in [0.25, 0.3) is 0 Å². The topological polar surface area (TPSA) is 106 Å². The molecular formula is C31H31N3O5. The largest absolute Gasteiger partial charge is 0.492 e. The number of carboxylic acid groups (broad SMARTS) is 1. The lowest BCUT2D eigenvalue weighted by Crippen LogP contribution is -2.41. The molecule has 2 aromatic carbocycles. The molecule has 1 N–H and O–H groups in total. The third-order valence-electron chi connectivity index (χ3n) is 7.19. The monoisotopic (exact) mass is 525 g/mol. The van der Waals surface area contributed by atoms with Crippen LogP contribution in [0.15, 0.2) is 71.9 Å². The van der Waals surface area contributed by atoms with Gasteiger partial charge in [-0.15, -0.1) is 0 Å². The fourth-order valence-corrected chi connectivity index (χ4v) is 5.24. The summed E-state index contributed by atoms with van der Waals surface area (Å²) in [6.45, 7) is 4.88. The summed E-state index contributed by atoms with van der Waals surface area (Å²) in [4.78, 5) is 36.0. The van der Waals surface area contributed by atoms with E-state index in [1.54, 1.807) is 24.7 Å². The number of pyridine rings is 1. The van der Waals surface area contributed by atoms with E-state index in [4.69, 9.17) is 9.15 Å². The first-order valence-corrected chi connectivity index (χ1v) is 13.1. The number of ether oxygens (including phenoxy) is 1. The molecule has 1 amide bonds. The van der Waals surface area contributed by atoms with Crippen LogP contribution in [0.1, 0.15) is 61.9 Å². The van der Waals surface area contributed by atoms with Gasteiger partial charge in [0.05, 0.1) is 18.3 Å². The second kappa shape index (κ2) is 11.5. The molecule has 0 radical (unpaired) electrons. The molecule has 0 spiro atoms. The van der Waals surface area contributed by atoms with Crippen LogP contribution in [0.4, 0.5) is 0 Å². The molecule has 0 saturated carbocycles. The van der Waals surface area contributed by atoms with Gasteiger partial charge < -0.3 is 19.2 Å². The molecule has 39 heavy (non-hydrogen) atoms. The van der Waals surface area contributed by atoms with Crippen LogP contribution in [-0.2, 0) is 24.1 Å². The highest BCUT2D eigenvalue weighted by molar-refractivity contribution is 5.91. The van der Waals surface area contributed by atoms with Crippen molar-refractivity contribution in [2.75, 3.05) is 13.2 Å². The first kappa shape index (κ1) is 26.2. The second-order valence-electron chi connectivity index (χ2n) is 9.89. The average molecular weight is 526 g/mol. The summed E-state index contributed by atoms with van der Waals surface area (Å²) in [5.41, 5.74) is 6.90. The van der Waals surface area contributed by atoms with Crippen LogP contribution in [0.5, 0.6) is 5.75 Å². The van der Waals surface area contributed by atoms with Gasteiger partial charge in [-0.05, 0) is 66.3 Å². The summed E-state index contributed by atoms with van der Waals surface area (Å²) >= 11 is 0. The molecule has 8 heteroatoms. The SMILES string of the molecule is Cc1ccc(C2c3cc(OCCc4cccnc4)c(C(=O)O)cc3CCN2C(=O)CCc2cocn2)c(C)c1. The van der Waals surface area contributed by atoms with Crippen LogP contribution in [0.2, 0.25) is 0 Å². The van der Waals surface area contributed by atoms with Crippen LogP contribution in [0.3, 0.4) is 0 Å². The Morgan fingerprint density at radius 2 is 2.00 bits per heavy atom. The van der Waals surface area contributed by atoms with E-state index in [1.165, 1.54) is 6.39 Å². The minimum Gasteiger partial charge on any atom is -0.492 e. The van der Waals surface area contributed by atoms with Crippen molar-refractivity contribution in [1.29, 1.82) is 0 Å². The van der Waals surface area contributed by atoms with Crippen molar-refractivity contribution in [2.24, 2.45) is 0 Å². The Bertz CT molecular complexity index is 1470. The molecule has 4 aromatic rings. The number of aryl methyl sites for hydroxylation is 3. The number of hydrogen-bond acceptors (Lipinski definition) is 6. The van der Waals surface area contributed by atoms with Crippen LogP contribution in [0, 0.1) is 13.8 Å². The highest BCUT2D eigenvalue weighted by atomic mass is 16.5. The van der Waals surface area contributed by atoms with Gasteiger partial charge in [0, 0.05) is 38.2 Å². The molecule has 1 aliphatic rings. The number of fused-ring (bicyclic) bond motifs is 1. The lowest BCUT2D eigenvalue weighted by atomic mass is 9.84. The van der Waals surface area contributed by atoms with Crippen molar-refractivity contribution in [1.82, 2.24) is 14.9 Å². The zero-order valence-electron chi connectivity index (χ0n) is 22.1. The molecule has 2 aromatic heterocycles. The number of amides is 1. The lowest BCUT2D eigenvalue weighted by Gasteiger charge is -2.39. The first-order chi connectivity index (χ1) is 18.9. The average Bonchev–Trinajstić information content (AvgIpc) is 3.45. The Hall–Kier alpha value is -4.46. The highest BCUT2D eigenvalue weighted by Gasteiger charge is 2.34. The Balaban J connectivity index is 1.50. The van der Waals surface area contributed by atoms with Crippen molar-refractivity contribution < 1.29 is 23.8 Å². The van der Waals surface area contributed by atoms with Gasteiger partial charge in [0.2, 0.25) is 5.91 Å². The van der Waals surface area contributed by atoms with Crippen molar-refractivity contribution in [3.8, 4) is 5.75 Å². The maximum atomic E-state index is 13.6. The predicted molar refractivity (Wildman–Crippen MR) is 145 cm³/mol. The van der Waals surface area contributed by atoms with Gasteiger partial charge in [0.25, 0.3) is 0 Å². The van der Waals surface area contributed by atoms with Crippen molar-refractivity contribution >= 4 is 11.9 Å². The second-order valence-corrected chi connectivity index (χ2v) is 9.89. The standard InChI is InChI=1S/C31H31N3O5/c1-20-5-7-25(21(2)14-20)30-26-16-28(39-13-10-22-4-3-11-32-17-22)27(31(36)37)15-23(26)9-12-34(30)29(35)8-6-24-18-38-19-33-24/h3-5,7,11,14-19,30H,6,8-10,12-13H2,1-2H3,(H,36,37). The van der Waals surface area contributed by atoms with Gasteiger partial charge in [-0.1, -0.05) is 29.8 Å². The maximum absolute atomic E-state index is 13.6. The van der Waals surface area contributed by atoms with E-state index in [2.05, 4.69) is 22.1 Å². The predicted octanol–water partition coefficient (Wildman–Crippen LogP) is 5.11. The van der Waals surface area contributed by atoms with Gasteiger partial charge in [-0.2, -0.15) is 0 Å². The Morgan fingerprint density at radius 3 is 2.72 bits per heavy atom. The molecule has 0 bridgehead atoms. The van der Waals surface area contributed by atoms with Gasteiger partial charge in [0.15, 0.2) is 6.39 Å². The molecule has 1 aliphatic heterocycles. The number of carbonyl (C=O) groups is 2. The van der Waals surface area contributed by atoms with Gasteiger partial charge in [-0.3, -0.25) is 9.78 Å². The number of aromatic carboxylic acids is 1. The maximum Gasteiger partial charge on any atom is 0.339 e. The minimum atomic E-state index is -1.04. The molecule has 1 unspecified atom stereocenters. The lowest BCUT2D eigenvalue weighted by molar-refractivity contribution is -0.133. The molecular weight excluding hydrogens is 494 g/mol. The smallest absolute Gasteiger partial charge is 0.339 e. The molecule has 200 valence electrons. The summed E-state index contributed by atoms with van der Waals surface area (Å²) in [6.07, 6.45) is 8.34. The number of benzene rings is 2. The van der Waals surface area contributed by atoms with Crippen LogP contribution >= 0.6 is 0 Å². The van der Waals surface area contributed by atoms with E-state index in [0.717, 1.165) is 39.1 Å². The van der Waals surface area contributed by atoms with E-state index in [0.29, 0.717) is 44.6 Å². The van der Waals surface area contributed by atoms with Crippen molar-refractivity contribution in [2.45, 2.75) is 45.6 Å².